The van der Waals surface area contributed by atoms with Crippen LogP contribution in [0.15, 0.2) is 0 Å². The Kier molecular flexibility index (Phi) is 3.88. The van der Waals surface area contributed by atoms with Crippen LogP contribution < -0.4 is 5.32 Å². The van der Waals surface area contributed by atoms with Crippen molar-refractivity contribution in [1.29, 1.82) is 0 Å². The highest BCUT2D eigenvalue weighted by Gasteiger charge is 2.49. The lowest BCUT2D eigenvalue weighted by molar-refractivity contribution is -0.143. The molecule has 1 saturated heterocycles. The predicted molar refractivity (Wildman–Crippen MR) is 74.7 cm³/mol. The van der Waals surface area contributed by atoms with Crippen LogP contribution in [0.1, 0.15) is 65.7 Å². The Bertz CT molecular complexity index is 370. The minimum Gasteiger partial charge on any atom is -0.342 e. The van der Waals surface area contributed by atoms with E-state index in [2.05, 4.69) is 26.1 Å². The summed E-state index contributed by atoms with van der Waals surface area (Å²) in [7, 11) is 0. The molecule has 1 N–H and O–H groups in total. The van der Waals surface area contributed by atoms with Gasteiger partial charge in [-0.3, -0.25) is 9.59 Å². The van der Waals surface area contributed by atoms with Crippen LogP contribution >= 0.6 is 0 Å². The van der Waals surface area contributed by atoms with Gasteiger partial charge in [0.2, 0.25) is 11.8 Å². The minimum absolute atomic E-state index is 0.0325. The maximum atomic E-state index is 12.9. The van der Waals surface area contributed by atoms with E-state index < -0.39 is 5.54 Å². The molecule has 0 aromatic carbocycles. The predicted octanol–water partition coefficient (Wildman–Crippen LogP) is 2.23. The van der Waals surface area contributed by atoms with Crippen molar-refractivity contribution in [2.24, 2.45) is 0 Å². The molecule has 0 bridgehead atoms. The Balaban J connectivity index is 2.29. The van der Waals surface area contributed by atoms with E-state index in [1.54, 1.807) is 0 Å². The topological polar surface area (TPSA) is 49.4 Å². The molecule has 1 spiro atoms. The normalized spacial score (nSPS) is 23.6. The Morgan fingerprint density at radius 1 is 1.26 bits per heavy atom. The molecule has 19 heavy (non-hydrogen) atoms. The molecular formula is C15H26N2O2. The van der Waals surface area contributed by atoms with Crippen molar-refractivity contribution in [1.82, 2.24) is 10.2 Å². The van der Waals surface area contributed by atoms with Crippen molar-refractivity contribution >= 4 is 11.8 Å². The van der Waals surface area contributed by atoms with Gasteiger partial charge in [-0.15, -0.1) is 0 Å². The van der Waals surface area contributed by atoms with Gasteiger partial charge in [-0.2, -0.15) is 0 Å². The van der Waals surface area contributed by atoms with Crippen LogP contribution in [0, 0.1) is 0 Å². The molecule has 1 aliphatic heterocycles. The van der Waals surface area contributed by atoms with Crippen LogP contribution in [-0.4, -0.2) is 34.3 Å². The molecule has 4 heteroatoms. The summed E-state index contributed by atoms with van der Waals surface area (Å²) >= 11 is 0. The van der Waals surface area contributed by atoms with Crippen LogP contribution in [0.2, 0.25) is 0 Å². The van der Waals surface area contributed by atoms with Gasteiger partial charge in [0.1, 0.15) is 5.54 Å². The molecular weight excluding hydrogens is 240 g/mol. The van der Waals surface area contributed by atoms with Crippen LogP contribution in [0.25, 0.3) is 0 Å². The average molecular weight is 266 g/mol. The lowest BCUT2D eigenvalue weighted by atomic mass is 9.90. The highest BCUT2D eigenvalue weighted by atomic mass is 16.2. The first-order chi connectivity index (χ1) is 8.91. The molecule has 1 aliphatic carbocycles. The van der Waals surface area contributed by atoms with Gasteiger partial charge in [0, 0.05) is 18.5 Å². The molecule has 4 nitrogen and oxygen atoms in total. The number of nitrogens with one attached hydrogen (secondary N) is 1. The summed E-state index contributed by atoms with van der Waals surface area (Å²) in [5.41, 5.74) is -0.758. The van der Waals surface area contributed by atoms with Crippen LogP contribution in [0.4, 0.5) is 0 Å². The molecule has 2 amide bonds. The maximum Gasteiger partial charge on any atom is 0.248 e. The first-order valence-corrected chi connectivity index (χ1v) is 7.54. The second kappa shape index (κ2) is 5.14. The zero-order chi connectivity index (χ0) is 14.1. The second-order valence-electron chi connectivity index (χ2n) is 6.61. The minimum atomic E-state index is -0.599. The van der Waals surface area contributed by atoms with Crippen molar-refractivity contribution in [3.63, 3.8) is 0 Å². The molecule has 0 radical (unpaired) electrons. The van der Waals surface area contributed by atoms with Gasteiger partial charge in [0.15, 0.2) is 0 Å². The Labute approximate surface area is 115 Å². The zero-order valence-corrected chi connectivity index (χ0v) is 12.4. The Morgan fingerprint density at radius 3 is 2.47 bits per heavy atom. The smallest absolute Gasteiger partial charge is 0.248 e. The molecule has 2 rings (SSSR count). The van der Waals surface area contributed by atoms with E-state index in [4.69, 9.17) is 0 Å². The number of hydrogen-bond donors (Lipinski definition) is 1. The zero-order valence-electron chi connectivity index (χ0n) is 12.4. The number of amides is 2. The third-order valence-corrected chi connectivity index (χ3v) is 4.65. The molecule has 0 aromatic rings. The van der Waals surface area contributed by atoms with E-state index in [1.807, 2.05) is 4.90 Å². The summed E-state index contributed by atoms with van der Waals surface area (Å²) in [5, 5.41) is 3.02. The van der Waals surface area contributed by atoms with Crippen molar-refractivity contribution in [3.05, 3.63) is 0 Å². The molecule has 2 aliphatic rings. The largest absolute Gasteiger partial charge is 0.342 e. The molecule has 108 valence electrons. The van der Waals surface area contributed by atoms with E-state index >= 15 is 0 Å². The van der Waals surface area contributed by atoms with Crippen molar-refractivity contribution in [2.45, 2.75) is 76.8 Å². The summed E-state index contributed by atoms with van der Waals surface area (Å²) < 4.78 is 0. The summed E-state index contributed by atoms with van der Waals surface area (Å²) in [6.45, 7) is 6.93. The van der Waals surface area contributed by atoms with Crippen molar-refractivity contribution in [2.75, 3.05) is 6.54 Å². The molecule has 0 aromatic heterocycles. The molecule has 1 saturated carbocycles. The van der Waals surface area contributed by atoms with Gasteiger partial charge in [-0.1, -0.05) is 26.2 Å². The van der Waals surface area contributed by atoms with Gasteiger partial charge in [-0.05, 0) is 33.1 Å². The van der Waals surface area contributed by atoms with Crippen molar-refractivity contribution in [3.8, 4) is 0 Å². The maximum absolute atomic E-state index is 12.9. The molecule has 0 atom stereocenters. The SMILES string of the molecule is CCCC(C)(C)N1CCC(=O)NC2(CCCC2)C1=O. The second-order valence-corrected chi connectivity index (χ2v) is 6.61. The third-order valence-electron chi connectivity index (χ3n) is 4.65. The van der Waals surface area contributed by atoms with Gasteiger partial charge in [0.05, 0.1) is 0 Å². The third kappa shape index (κ3) is 2.63. The van der Waals surface area contributed by atoms with E-state index in [0.29, 0.717) is 13.0 Å². The fraction of sp³-hybridized carbons (Fsp3) is 0.867. The quantitative estimate of drug-likeness (QED) is 0.851. The Morgan fingerprint density at radius 2 is 1.89 bits per heavy atom. The summed E-state index contributed by atoms with van der Waals surface area (Å²) in [4.78, 5) is 26.8. The average Bonchev–Trinajstić information content (AvgIpc) is 2.73. The molecule has 1 heterocycles. The first kappa shape index (κ1) is 14.4. The fourth-order valence-corrected chi connectivity index (χ4v) is 3.60. The lowest BCUT2D eigenvalue weighted by Gasteiger charge is -2.42. The Hall–Kier alpha value is -1.06. The van der Waals surface area contributed by atoms with E-state index in [1.165, 1.54) is 0 Å². The number of hydrogen-bond acceptors (Lipinski definition) is 2. The number of carbonyl (C=O) groups excluding carboxylic acids is 2. The van der Waals surface area contributed by atoms with Crippen molar-refractivity contribution < 1.29 is 9.59 Å². The highest BCUT2D eigenvalue weighted by Crippen LogP contribution is 2.36. The fourth-order valence-electron chi connectivity index (χ4n) is 3.60. The monoisotopic (exact) mass is 266 g/mol. The lowest BCUT2D eigenvalue weighted by Crippen LogP contribution is -2.59. The first-order valence-electron chi connectivity index (χ1n) is 7.54. The summed E-state index contributed by atoms with van der Waals surface area (Å²) in [6.07, 6.45) is 6.13. The molecule has 0 unspecified atom stereocenters. The summed E-state index contributed by atoms with van der Waals surface area (Å²) in [5.74, 6) is 0.180. The highest BCUT2D eigenvalue weighted by molar-refractivity contribution is 5.94. The van der Waals surface area contributed by atoms with Gasteiger partial charge < -0.3 is 10.2 Å². The number of carbonyl (C=O) groups is 2. The van der Waals surface area contributed by atoms with Crippen LogP contribution in [0.5, 0.6) is 0 Å². The number of rotatable bonds is 3. The van der Waals surface area contributed by atoms with E-state index in [-0.39, 0.29) is 17.4 Å². The van der Waals surface area contributed by atoms with Gasteiger partial charge in [-0.25, -0.2) is 0 Å². The van der Waals surface area contributed by atoms with Gasteiger partial charge >= 0.3 is 0 Å². The van der Waals surface area contributed by atoms with E-state index in [9.17, 15) is 9.59 Å². The van der Waals surface area contributed by atoms with E-state index in [0.717, 1.165) is 38.5 Å². The van der Waals surface area contributed by atoms with Crippen LogP contribution in [0.3, 0.4) is 0 Å². The standard InChI is InChI=1S/C15H26N2O2/c1-4-8-14(2,3)17-11-7-12(18)16-15(13(17)19)9-5-6-10-15/h4-11H2,1-3H3,(H,16,18). The molecule has 2 fully saturated rings. The van der Waals surface area contributed by atoms with Gasteiger partial charge in [0.25, 0.3) is 0 Å². The van der Waals surface area contributed by atoms with Crippen LogP contribution in [-0.2, 0) is 9.59 Å². The summed E-state index contributed by atoms with van der Waals surface area (Å²) in [6, 6.07) is 0. The number of nitrogens with zero attached hydrogens (tertiary/aromatic N) is 1.